The van der Waals surface area contributed by atoms with Gasteiger partial charge in [-0.05, 0) is 43.9 Å². The van der Waals surface area contributed by atoms with Gasteiger partial charge in [-0.3, -0.25) is 0 Å². The Labute approximate surface area is 116 Å². The SMILES string of the molecule is Cc1cc2oc(C3CCCCC3)nc2c(C)c1Br. The summed E-state index contributed by atoms with van der Waals surface area (Å²) in [6, 6.07) is 2.09. The van der Waals surface area contributed by atoms with Crippen molar-refractivity contribution in [2.24, 2.45) is 0 Å². The van der Waals surface area contributed by atoms with Crippen molar-refractivity contribution in [3.63, 3.8) is 0 Å². The Morgan fingerprint density at radius 2 is 1.94 bits per heavy atom. The van der Waals surface area contributed by atoms with Crippen molar-refractivity contribution in [1.82, 2.24) is 4.98 Å². The van der Waals surface area contributed by atoms with E-state index in [1.165, 1.54) is 43.2 Å². The first-order valence-electron chi connectivity index (χ1n) is 6.73. The van der Waals surface area contributed by atoms with Crippen LogP contribution in [-0.2, 0) is 0 Å². The average molecular weight is 308 g/mol. The van der Waals surface area contributed by atoms with E-state index in [2.05, 4.69) is 35.8 Å². The van der Waals surface area contributed by atoms with Crippen LogP contribution in [0.4, 0.5) is 0 Å². The van der Waals surface area contributed by atoms with Crippen LogP contribution in [-0.4, -0.2) is 4.98 Å². The van der Waals surface area contributed by atoms with Crippen LogP contribution >= 0.6 is 15.9 Å². The van der Waals surface area contributed by atoms with Crippen LogP contribution in [0.3, 0.4) is 0 Å². The maximum atomic E-state index is 5.99. The zero-order valence-corrected chi connectivity index (χ0v) is 12.5. The fourth-order valence-electron chi connectivity index (χ4n) is 2.90. The number of fused-ring (bicyclic) bond motifs is 1. The van der Waals surface area contributed by atoms with Crippen LogP contribution in [0.15, 0.2) is 15.0 Å². The van der Waals surface area contributed by atoms with Crippen LogP contribution in [0.5, 0.6) is 0 Å². The van der Waals surface area contributed by atoms with Crippen LogP contribution < -0.4 is 0 Å². The summed E-state index contributed by atoms with van der Waals surface area (Å²) in [7, 11) is 0. The molecule has 0 radical (unpaired) electrons. The fraction of sp³-hybridized carbons (Fsp3) is 0.533. The summed E-state index contributed by atoms with van der Waals surface area (Å²) in [5, 5.41) is 0. The maximum Gasteiger partial charge on any atom is 0.198 e. The quantitative estimate of drug-likeness (QED) is 0.718. The van der Waals surface area contributed by atoms with E-state index in [4.69, 9.17) is 9.40 Å². The van der Waals surface area contributed by atoms with Crippen LogP contribution in [0, 0.1) is 13.8 Å². The number of aromatic nitrogens is 1. The van der Waals surface area contributed by atoms with Gasteiger partial charge in [-0.2, -0.15) is 0 Å². The molecule has 1 aliphatic rings. The van der Waals surface area contributed by atoms with E-state index in [-0.39, 0.29) is 0 Å². The van der Waals surface area contributed by atoms with E-state index in [9.17, 15) is 0 Å². The summed E-state index contributed by atoms with van der Waals surface area (Å²) in [5.74, 6) is 1.48. The number of oxazole rings is 1. The molecule has 1 aromatic carbocycles. The second kappa shape index (κ2) is 4.69. The van der Waals surface area contributed by atoms with E-state index in [0.717, 1.165) is 21.5 Å². The van der Waals surface area contributed by atoms with E-state index in [1.54, 1.807) is 0 Å². The second-order valence-corrected chi connectivity index (χ2v) is 6.16. The molecule has 1 aromatic heterocycles. The topological polar surface area (TPSA) is 26.0 Å². The number of hydrogen-bond acceptors (Lipinski definition) is 2. The van der Waals surface area contributed by atoms with Crippen LogP contribution in [0.25, 0.3) is 11.1 Å². The molecule has 18 heavy (non-hydrogen) atoms. The van der Waals surface area contributed by atoms with E-state index >= 15 is 0 Å². The normalized spacial score (nSPS) is 17.5. The van der Waals surface area contributed by atoms with E-state index in [1.807, 2.05) is 0 Å². The molecular weight excluding hydrogens is 290 g/mol. The molecule has 1 fully saturated rings. The predicted molar refractivity (Wildman–Crippen MR) is 77.0 cm³/mol. The van der Waals surface area contributed by atoms with Crippen molar-refractivity contribution in [2.75, 3.05) is 0 Å². The minimum atomic E-state index is 0.532. The first-order valence-corrected chi connectivity index (χ1v) is 7.52. The molecule has 1 saturated carbocycles. The lowest BCUT2D eigenvalue weighted by Crippen LogP contribution is -2.04. The highest BCUT2D eigenvalue weighted by Crippen LogP contribution is 2.36. The largest absolute Gasteiger partial charge is 0.440 e. The van der Waals surface area contributed by atoms with Gasteiger partial charge in [0.05, 0.1) is 0 Å². The number of hydrogen-bond donors (Lipinski definition) is 0. The highest BCUT2D eigenvalue weighted by molar-refractivity contribution is 9.10. The second-order valence-electron chi connectivity index (χ2n) is 5.37. The molecular formula is C15H18BrNO. The van der Waals surface area contributed by atoms with Crippen molar-refractivity contribution < 1.29 is 4.42 Å². The van der Waals surface area contributed by atoms with Gasteiger partial charge in [0.15, 0.2) is 11.5 Å². The third kappa shape index (κ3) is 1.99. The molecule has 0 N–H and O–H groups in total. The van der Waals surface area contributed by atoms with Gasteiger partial charge in [-0.25, -0.2) is 4.98 Å². The average Bonchev–Trinajstić information content (AvgIpc) is 2.81. The van der Waals surface area contributed by atoms with Crippen molar-refractivity contribution in [3.8, 4) is 0 Å². The Balaban J connectivity index is 2.07. The molecule has 0 aliphatic heterocycles. The molecule has 1 heterocycles. The monoisotopic (exact) mass is 307 g/mol. The van der Waals surface area contributed by atoms with Crippen LogP contribution in [0.1, 0.15) is 55.0 Å². The van der Waals surface area contributed by atoms with Gasteiger partial charge in [0.1, 0.15) is 5.52 Å². The highest BCUT2D eigenvalue weighted by atomic mass is 79.9. The summed E-state index contributed by atoms with van der Waals surface area (Å²) in [6.07, 6.45) is 6.44. The van der Waals surface area contributed by atoms with Gasteiger partial charge >= 0.3 is 0 Å². The van der Waals surface area contributed by atoms with Gasteiger partial charge in [-0.15, -0.1) is 0 Å². The maximum absolute atomic E-state index is 5.99. The zero-order chi connectivity index (χ0) is 12.7. The number of nitrogens with zero attached hydrogens (tertiary/aromatic N) is 1. The molecule has 1 aliphatic carbocycles. The molecule has 0 amide bonds. The highest BCUT2D eigenvalue weighted by Gasteiger charge is 2.22. The first-order chi connectivity index (χ1) is 8.66. The summed E-state index contributed by atoms with van der Waals surface area (Å²) in [6.45, 7) is 4.20. The lowest BCUT2D eigenvalue weighted by molar-refractivity contribution is 0.373. The van der Waals surface area contributed by atoms with Crippen molar-refractivity contribution in [1.29, 1.82) is 0 Å². The summed E-state index contributed by atoms with van der Waals surface area (Å²) < 4.78 is 7.14. The summed E-state index contributed by atoms with van der Waals surface area (Å²) in [5.41, 5.74) is 4.36. The molecule has 3 heteroatoms. The molecule has 0 unspecified atom stereocenters. The predicted octanol–water partition coefficient (Wildman–Crippen LogP) is 5.25. The summed E-state index contributed by atoms with van der Waals surface area (Å²) in [4.78, 5) is 4.74. The van der Waals surface area contributed by atoms with Gasteiger partial charge in [-0.1, -0.05) is 35.2 Å². The number of rotatable bonds is 1. The minimum absolute atomic E-state index is 0.532. The summed E-state index contributed by atoms with van der Waals surface area (Å²) >= 11 is 3.62. The van der Waals surface area contributed by atoms with Crippen LogP contribution in [0.2, 0.25) is 0 Å². The third-order valence-electron chi connectivity index (χ3n) is 4.00. The smallest absolute Gasteiger partial charge is 0.198 e. The molecule has 0 bridgehead atoms. The molecule has 0 saturated heterocycles. The van der Waals surface area contributed by atoms with E-state index < -0.39 is 0 Å². The number of aryl methyl sites for hydroxylation is 2. The van der Waals surface area contributed by atoms with Crippen molar-refractivity contribution >= 4 is 27.0 Å². The van der Waals surface area contributed by atoms with E-state index in [0.29, 0.717) is 5.92 Å². The Hall–Kier alpha value is -0.830. The standard InChI is InChI=1S/C15H18BrNO/c1-9-8-12-14(10(2)13(9)16)17-15(18-12)11-6-4-3-5-7-11/h8,11H,3-7H2,1-2H3. The Kier molecular flexibility index (Phi) is 3.18. The molecule has 2 aromatic rings. The molecule has 96 valence electrons. The molecule has 3 rings (SSSR count). The Morgan fingerprint density at radius 3 is 2.67 bits per heavy atom. The number of benzene rings is 1. The van der Waals surface area contributed by atoms with Crippen molar-refractivity contribution in [2.45, 2.75) is 51.9 Å². The third-order valence-corrected chi connectivity index (χ3v) is 5.22. The van der Waals surface area contributed by atoms with Gasteiger partial charge < -0.3 is 4.42 Å². The number of halogens is 1. The minimum Gasteiger partial charge on any atom is -0.440 e. The molecule has 0 atom stereocenters. The van der Waals surface area contributed by atoms with Crippen molar-refractivity contribution in [3.05, 3.63) is 27.6 Å². The van der Waals surface area contributed by atoms with Gasteiger partial charge in [0.25, 0.3) is 0 Å². The molecule has 0 spiro atoms. The first kappa shape index (κ1) is 12.2. The van der Waals surface area contributed by atoms with Gasteiger partial charge in [0.2, 0.25) is 0 Å². The van der Waals surface area contributed by atoms with Gasteiger partial charge in [0, 0.05) is 10.4 Å². The lowest BCUT2D eigenvalue weighted by Gasteiger charge is -2.17. The Morgan fingerprint density at radius 1 is 1.22 bits per heavy atom. The zero-order valence-electron chi connectivity index (χ0n) is 10.9. The lowest BCUT2D eigenvalue weighted by atomic mass is 9.89. The fourth-order valence-corrected chi connectivity index (χ4v) is 3.20. The molecule has 2 nitrogen and oxygen atoms in total. The Bertz CT molecular complexity index is 582.